The Hall–Kier alpha value is -2.00. The van der Waals surface area contributed by atoms with Crippen LogP contribution in [0.2, 0.25) is 0 Å². The number of halogens is 1. The lowest BCUT2D eigenvalue weighted by molar-refractivity contribution is -0.384. The van der Waals surface area contributed by atoms with Gasteiger partial charge in [0.2, 0.25) is 0 Å². The summed E-state index contributed by atoms with van der Waals surface area (Å²) >= 11 is 3.12. The molecule has 0 radical (unpaired) electrons. The average Bonchev–Trinajstić information content (AvgIpc) is 2.80. The van der Waals surface area contributed by atoms with Crippen LogP contribution in [-0.2, 0) is 4.79 Å². The van der Waals surface area contributed by atoms with Gasteiger partial charge in [-0.05, 0) is 22.0 Å². The van der Waals surface area contributed by atoms with Crippen molar-refractivity contribution in [1.29, 1.82) is 0 Å². The second kappa shape index (κ2) is 5.78. The minimum Gasteiger partial charge on any atom is -0.480 e. The number of benzene rings is 1. The number of aliphatic hydroxyl groups excluding tert-OH is 1. The second-order valence-corrected chi connectivity index (χ2v) is 5.48. The molecule has 8 nitrogen and oxygen atoms in total. The van der Waals surface area contributed by atoms with E-state index in [9.17, 15) is 24.8 Å². The Balaban J connectivity index is 2.37. The van der Waals surface area contributed by atoms with Gasteiger partial charge >= 0.3 is 5.97 Å². The number of hydrogen-bond acceptors (Lipinski definition) is 5. The van der Waals surface area contributed by atoms with Crippen LogP contribution in [-0.4, -0.2) is 50.6 Å². The number of aliphatic carboxylic acids is 1. The highest BCUT2D eigenvalue weighted by molar-refractivity contribution is 9.10. The molecule has 1 aromatic carbocycles. The summed E-state index contributed by atoms with van der Waals surface area (Å²) in [7, 11) is 0. The molecule has 9 heteroatoms. The fourth-order valence-corrected chi connectivity index (χ4v) is 2.63. The third-order valence-corrected chi connectivity index (χ3v) is 3.91. The largest absolute Gasteiger partial charge is 0.480 e. The molecule has 1 heterocycles. The highest BCUT2D eigenvalue weighted by Crippen LogP contribution is 2.27. The number of nitrogens with zero attached hydrogens (tertiary/aromatic N) is 2. The Morgan fingerprint density at radius 1 is 1.43 bits per heavy atom. The number of likely N-dealkylation sites (tertiary alicyclic amines) is 1. The van der Waals surface area contributed by atoms with Crippen LogP contribution in [0.1, 0.15) is 16.8 Å². The molecular formula is C12H11BrN2O6. The molecule has 1 fully saturated rings. The zero-order chi connectivity index (χ0) is 15.7. The van der Waals surface area contributed by atoms with Gasteiger partial charge in [0.15, 0.2) is 0 Å². The zero-order valence-electron chi connectivity index (χ0n) is 10.6. The van der Waals surface area contributed by atoms with E-state index in [2.05, 4.69) is 15.9 Å². The molecule has 2 atom stereocenters. The van der Waals surface area contributed by atoms with E-state index >= 15 is 0 Å². The SMILES string of the molecule is O=C(O)[C@@H]1CC(O)CN1C(=O)c1cc([N+](=O)[O-])ccc1Br. The smallest absolute Gasteiger partial charge is 0.326 e. The van der Waals surface area contributed by atoms with E-state index in [1.807, 2.05) is 0 Å². The molecular weight excluding hydrogens is 348 g/mol. The Morgan fingerprint density at radius 2 is 2.10 bits per heavy atom. The number of hydrogen-bond donors (Lipinski definition) is 2. The molecule has 0 saturated carbocycles. The molecule has 1 saturated heterocycles. The molecule has 1 aliphatic heterocycles. The van der Waals surface area contributed by atoms with Crippen molar-refractivity contribution in [2.24, 2.45) is 0 Å². The maximum atomic E-state index is 12.4. The summed E-state index contributed by atoms with van der Waals surface area (Å²) in [6.45, 7) is -0.120. The maximum absolute atomic E-state index is 12.4. The lowest BCUT2D eigenvalue weighted by Gasteiger charge is -2.21. The Labute approximate surface area is 127 Å². The predicted molar refractivity (Wildman–Crippen MR) is 73.9 cm³/mol. The molecule has 1 aromatic rings. The van der Waals surface area contributed by atoms with Crippen LogP contribution in [0.25, 0.3) is 0 Å². The summed E-state index contributed by atoms with van der Waals surface area (Å²) in [6, 6.07) is 2.52. The van der Waals surface area contributed by atoms with Crippen LogP contribution < -0.4 is 0 Å². The fourth-order valence-electron chi connectivity index (χ4n) is 2.22. The molecule has 1 aliphatic rings. The molecule has 0 aliphatic carbocycles. The minimum absolute atomic E-state index is 0.00968. The lowest BCUT2D eigenvalue weighted by atomic mass is 10.1. The molecule has 21 heavy (non-hydrogen) atoms. The Kier molecular flexibility index (Phi) is 4.24. The number of carbonyl (C=O) groups is 2. The van der Waals surface area contributed by atoms with E-state index in [4.69, 9.17) is 5.11 Å². The topological polar surface area (TPSA) is 121 Å². The lowest BCUT2D eigenvalue weighted by Crippen LogP contribution is -2.40. The van der Waals surface area contributed by atoms with E-state index in [0.717, 1.165) is 11.0 Å². The van der Waals surface area contributed by atoms with Gasteiger partial charge in [-0.3, -0.25) is 14.9 Å². The summed E-state index contributed by atoms with van der Waals surface area (Å²) in [5, 5.41) is 29.4. The highest BCUT2D eigenvalue weighted by atomic mass is 79.9. The number of β-amino-alcohol motifs (C(OH)–C–C–N with tert-alkyl or cyclic N) is 1. The molecule has 0 aromatic heterocycles. The first-order valence-corrected chi connectivity index (χ1v) is 6.76. The van der Waals surface area contributed by atoms with Crippen LogP contribution in [0.5, 0.6) is 0 Å². The quantitative estimate of drug-likeness (QED) is 0.614. The number of rotatable bonds is 3. The number of non-ortho nitro benzene ring substituents is 1. The predicted octanol–water partition coefficient (Wildman–Crippen LogP) is 1.02. The van der Waals surface area contributed by atoms with Crippen LogP contribution in [0, 0.1) is 10.1 Å². The molecule has 0 spiro atoms. The van der Waals surface area contributed by atoms with Crippen molar-refractivity contribution in [3.05, 3.63) is 38.3 Å². The van der Waals surface area contributed by atoms with Crippen molar-refractivity contribution in [3.8, 4) is 0 Å². The number of amides is 1. The van der Waals surface area contributed by atoms with Crippen LogP contribution >= 0.6 is 15.9 Å². The second-order valence-electron chi connectivity index (χ2n) is 4.62. The highest BCUT2D eigenvalue weighted by Gasteiger charge is 2.39. The summed E-state index contributed by atoms with van der Waals surface area (Å²) in [5.74, 6) is -1.89. The Bertz CT molecular complexity index is 620. The molecule has 1 amide bonds. The molecule has 1 unspecified atom stereocenters. The number of nitro benzene ring substituents is 1. The molecule has 0 bridgehead atoms. The van der Waals surface area contributed by atoms with Gasteiger partial charge in [-0.25, -0.2) is 4.79 Å². The molecule has 2 N–H and O–H groups in total. The van der Waals surface area contributed by atoms with E-state index in [0.29, 0.717) is 4.47 Å². The van der Waals surface area contributed by atoms with Crippen molar-refractivity contribution in [2.45, 2.75) is 18.6 Å². The number of carboxylic acids is 1. The van der Waals surface area contributed by atoms with Crippen LogP contribution in [0.3, 0.4) is 0 Å². The fraction of sp³-hybridized carbons (Fsp3) is 0.333. The van der Waals surface area contributed by atoms with Gasteiger partial charge in [0.25, 0.3) is 11.6 Å². The van der Waals surface area contributed by atoms with E-state index in [1.54, 1.807) is 0 Å². The van der Waals surface area contributed by atoms with E-state index < -0.39 is 28.9 Å². The van der Waals surface area contributed by atoms with Crippen molar-refractivity contribution >= 4 is 33.5 Å². The van der Waals surface area contributed by atoms with Crippen molar-refractivity contribution in [3.63, 3.8) is 0 Å². The monoisotopic (exact) mass is 358 g/mol. The van der Waals surface area contributed by atoms with Crippen molar-refractivity contribution in [1.82, 2.24) is 4.90 Å². The standard InChI is InChI=1S/C12H11BrN2O6/c13-9-2-1-6(15(20)21)3-8(9)11(17)14-5-7(16)4-10(14)12(18)19/h1-3,7,10,16H,4-5H2,(H,18,19)/t7?,10-/m0/s1. The number of carboxylic acid groups (broad SMARTS) is 1. The first-order chi connectivity index (χ1) is 9.81. The van der Waals surface area contributed by atoms with Gasteiger partial charge in [-0.15, -0.1) is 0 Å². The summed E-state index contributed by atoms with van der Waals surface area (Å²) < 4.78 is 0.323. The van der Waals surface area contributed by atoms with Crippen molar-refractivity contribution < 1.29 is 24.7 Å². The van der Waals surface area contributed by atoms with Gasteiger partial charge in [-0.2, -0.15) is 0 Å². The van der Waals surface area contributed by atoms with Gasteiger partial charge in [-0.1, -0.05) is 0 Å². The van der Waals surface area contributed by atoms with Gasteiger partial charge < -0.3 is 15.1 Å². The van der Waals surface area contributed by atoms with Gasteiger partial charge in [0.05, 0.1) is 16.6 Å². The average molecular weight is 359 g/mol. The van der Waals surface area contributed by atoms with E-state index in [-0.39, 0.29) is 24.2 Å². The van der Waals surface area contributed by atoms with Crippen molar-refractivity contribution in [2.75, 3.05) is 6.54 Å². The third-order valence-electron chi connectivity index (χ3n) is 3.22. The van der Waals surface area contributed by atoms with Crippen LogP contribution in [0.15, 0.2) is 22.7 Å². The Morgan fingerprint density at radius 3 is 2.67 bits per heavy atom. The summed E-state index contributed by atoms with van der Waals surface area (Å²) in [6.07, 6.45) is -0.985. The van der Waals surface area contributed by atoms with E-state index in [1.165, 1.54) is 12.1 Å². The summed E-state index contributed by atoms with van der Waals surface area (Å²) in [4.78, 5) is 34.7. The molecule has 112 valence electrons. The molecule has 2 rings (SSSR count). The first kappa shape index (κ1) is 15.4. The van der Waals surface area contributed by atoms with Gasteiger partial charge in [0.1, 0.15) is 6.04 Å². The zero-order valence-corrected chi connectivity index (χ0v) is 12.2. The number of carbonyl (C=O) groups excluding carboxylic acids is 1. The number of nitro groups is 1. The first-order valence-electron chi connectivity index (χ1n) is 5.97. The summed E-state index contributed by atoms with van der Waals surface area (Å²) in [5.41, 5.74) is -0.280. The maximum Gasteiger partial charge on any atom is 0.326 e. The normalized spacial score (nSPS) is 21.3. The van der Waals surface area contributed by atoms with Gasteiger partial charge in [0, 0.05) is 29.6 Å². The number of aliphatic hydroxyl groups is 1. The van der Waals surface area contributed by atoms with Crippen LogP contribution in [0.4, 0.5) is 5.69 Å². The minimum atomic E-state index is -1.22. The third kappa shape index (κ3) is 3.03.